The predicted molar refractivity (Wildman–Crippen MR) is 73.2 cm³/mol. The number of halogens is 1. The summed E-state index contributed by atoms with van der Waals surface area (Å²) in [5, 5.41) is 0. The summed E-state index contributed by atoms with van der Waals surface area (Å²) in [5.41, 5.74) is 4.91. The van der Waals surface area contributed by atoms with E-state index in [1.54, 1.807) is 0 Å². The Morgan fingerprint density at radius 1 is 1.29 bits per heavy atom. The molecule has 0 saturated heterocycles. The number of hydrogen-bond donors (Lipinski definition) is 1. The van der Waals surface area contributed by atoms with Crippen LogP contribution in [0.25, 0.3) is 11.3 Å². The zero-order valence-corrected chi connectivity index (χ0v) is 11.6. The highest BCUT2D eigenvalue weighted by molar-refractivity contribution is 9.10. The summed E-state index contributed by atoms with van der Waals surface area (Å²) >= 11 is 3.65. The van der Waals surface area contributed by atoms with E-state index in [-0.39, 0.29) is 0 Å². The molecule has 88 valence electrons. The topological polar surface area (TPSA) is 28.7 Å². The van der Waals surface area contributed by atoms with Gasteiger partial charge >= 0.3 is 0 Å². The van der Waals surface area contributed by atoms with Crippen LogP contribution >= 0.6 is 15.9 Å². The van der Waals surface area contributed by atoms with Crippen LogP contribution in [0.4, 0.5) is 0 Å². The van der Waals surface area contributed by atoms with Crippen LogP contribution in [-0.4, -0.2) is 9.97 Å². The van der Waals surface area contributed by atoms with E-state index in [1.807, 2.05) is 6.20 Å². The number of H-pyrrole nitrogens is 1. The van der Waals surface area contributed by atoms with Gasteiger partial charge in [-0.05, 0) is 43.9 Å². The SMILES string of the molecule is Cc1cc(C)c(-c2cnc(C3CC3)[nH]2)c(Br)c1. The molecule has 1 saturated carbocycles. The third-order valence-corrected chi connectivity index (χ3v) is 3.89. The molecule has 1 aliphatic rings. The minimum absolute atomic E-state index is 0.674. The normalized spacial score (nSPS) is 15.2. The fourth-order valence-corrected chi connectivity index (χ4v) is 3.17. The van der Waals surface area contributed by atoms with Crippen LogP contribution in [0.2, 0.25) is 0 Å². The second-order valence-corrected chi connectivity index (χ2v) is 5.75. The molecule has 3 heteroatoms. The zero-order valence-electron chi connectivity index (χ0n) is 10.0. The van der Waals surface area contributed by atoms with E-state index in [0.29, 0.717) is 5.92 Å². The van der Waals surface area contributed by atoms with Crippen molar-refractivity contribution in [3.05, 3.63) is 39.8 Å². The molecule has 2 aromatic rings. The molecule has 1 aromatic carbocycles. The molecule has 0 spiro atoms. The van der Waals surface area contributed by atoms with Gasteiger partial charge in [0.1, 0.15) is 5.82 Å². The van der Waals surface area contributed by atoms with Crippen molar-refractivity contribution in [3.8, 4) is 11.3 Å². The summed E-state index contributed by atoms with van der Waals surface area (Å²) in [7, 11) is 0. The molecule has 1 heterocycles. The summed E-state index contributed by atoms with van der Waals surface area (Å²) in [6.45, 7) is 4.26. The lowest BCUT2D eigenvalue weighted by molar-refractivity contribution is 0.976. The molecule has 17 heavy (non-hydrogen) atoms. The first-order chi connectivity index (χ1) is 8.15. The summed E-state index contributed by atoms with van der Waals surface area (Å²) in [5.74, 6) is 1.82. The molecule has 0 amide bonds. The van der Waals surface area contributed by atoms with E-state index >= 15 is 0 Å². The highest BCUT2D eigenvalue weighted by atomic mass is 79.9. The molecule has 0 unspecified atom stereocenters. The minimum Gasteiger partial charge on any atom is -0.342 e. The van der Waals surface area contributed by atoms with Crippen LogP contribution in [0.1, 0.15) is 35.7 Å². The maximum atomic E-state index is 4.48. The molecule has 1 aromatic heterocycles. The lowest BCUT2D eigenvalue weighted by atomic mass is 10.0. The second kappa shape index (κ2) is 3.98. The first kappa shape index (κ1) is 11.0. The number of aromatic nitrogens is 2. The molecule has 1 aliphatic carbocycles. The van der Waals surface area contributed by atoms with E-state index in [9.17, 15) is 0 Å². The third kappa shape index (κ3) is 2.04. The average Bonchev–Trinajstić information content (AvgIpc) is 2.98. The summed E-state index contributed by atoms with van der Waals surface area (Å²) in [6.07, 6.45) is 4.51. The summed E-state index contributed by atoms with van der Waals surface area (Å²) in [4.78, 5) is 7.93. The van der Waals surface area contributed by atoms with Gasteiger partial charge < -0.3 is 4.98 Å². The van der Waals surface area contributed by atoms with Gasteiger partial charge in [-0.2, -0.15) is 0 Å². The highest BCUT2D eigenvalue weighted by Crippen LogP contribution is 2.40. The van der Waals surface area contributed by atoms with Gasteiger partial charge in [-0.25, -0.2) is 4.98 Å². The average molecular weight is 291 g/mol. The van der Waals surface area contributed by atoms with Gasteiger partial charge in [0, 0.05) is 16.0 Å². The van der Waals surface area contributed by atoms with E-state index in [4.69, 9.17) is 0 Å². The first-order valence-electron chi connectivity index (χ1n) is 5.97. The Kier molecular flexibility index (Phi) is 2.58. The minimum atomic E-state index is 0.674. The second-order valence-electron chi connectivity index (χ2n) is 4.90. The van der Waals surface area contributed by atoms with Crippen LogP contribution in [0.3, 0.4) is 0 Å². The monoisotopic (exact) mass is 290 g/mol. The van der Waals surface area contributed by atoms with Gasteiger partial charge in [-0.3, -0.25) is 0 Å². The highest BCUT2D eigenvalue weighted by Gasteiger charge is 2.26. The Hall–Kier alpha value is -1.09. The van der Waals surface area contributed by atoms with E-state index in [0.717, 1.165) is 16.0 Å². The first-order valence-corrected chi connectivity index (χ1v) is 6.76. The molecule has 0 atom stereocenters. The Bertz CT molecular complexity index is 544. The Balaban J connectivity index is 2.07. The molecular formula is C14H15BrN2. The van der Waals surface area contributed by atoms with E-state index < -0.39 is 0 Å². The molecule has 3 rings (SSSR count). The van der Waals surface area contributed by atoms with E-state index in [2.05, 4.69) is 51.9 Å². The summed E-state index contributed by atoms with van der Waals surface area (Å²) < 4.78 is 1.14. The fraction of sp³-hybridized carbons (Fsp3) is 0.357. The van der Waals surface area contributed by atoms with Gasteiger partial charge in [-0.1, -0.05) is 22.0 Å². The standard InChI is InChI=1S/C14H15BrN2/c1-8-5-9(2)13(11(15)6-8)12-7-16-14(17-12)10-3-4-10/h5-7,10H,3-4H2,1-2H3,(H,16,17). The van der Waals surface area contributed by atoms with Crippen molar-refractivity contribution in [2.24, 2.45) is 0 Å². The fourth-order valence-electron chi connectivity index (χ4n) is 2.28. The van der Waals surface area contributed by atoms with Crippen LogP contribution in [0, 0.1) is 13.8 Å². The smallest absolute Gasteiger partial charge is 0.109 e. The molecule has 0 bridgehead atoms. The molecule has 1 fully saturated rings. The zero-order chi connectivity index (χ0) is 12.0. The Morgan fingerprint density at radius 2 is 2.06 bits per heavy atom. The van der Waals surface area contributed by atoms with Crippen molar-refractivity contribution >= 4 is 15.9 Å². The number of aryl methyl sites for hydroxylation is 2. The Morgan fingerprint density at radius 3 is 2.71 bits per heavy atom. The number of imidazole rings is 1. The third-order valence-electron chi connectivity index (χ3n) is 3.26. The molecular weight excluding hydrogens is 276 g/mol. The van der Waals surface area contributed by atoms with Gasteiger partial charge in [0.15, 0.2) is 0 Å². The van der Waals surface area contributed by atoms with Crippen LogP contribution < -0.4 is 0 Å². The van der Waals surface area contributed by atoms with Crippen LogP contribution in [0.5, 0.6) is 0 Å². The number of hydrogen-bond acceptors (Lipinski definition) is 1. The molecule has 0 aliphatic heterocycles. The number of benzene rings is 1. The Labute approximate surface area is 110 Å². The molecule has 1 N–H and O–H groups in total. The largest absolute Gasteiger partial charge is 0.342 e. The van der Waals surface area contributed by atoms with Gasteiger partial charge in [-0.15, -0.1) is 0 Å². The van der Waals surface area contributed by atoms with Gasteiger partial charge in [0.2, 0.25) is 0 Å². The molecule has 0 radical (unpaired) electrons. The van der Waals surface area contributed by atoms with Crippen molar-refractivity contribution in [3.63, 3.8) is 0 Å². The van der Waals surface area contributed by atoms with Crippen LogP contribution in [0.15, 0.2) is 22.8 Å². The number of nitrogens with zero attached hydrogens (tertiary/aromatic N) is 1. The van der Waals surface area contributed by atoms with Gasteiger partial charge in [0.25, 0.3) is 0 Å². The number of nitrogens with one attached hydrogen (secondary N) is 1. The van der Waals surface area contributed by atoms with Crippen molar-refractivity contribution in [1.82, 2.24) is 9.97 Å². The maximum absolute atomic E-state index is 4.48. The number of rotatable bonds is 2. The van der Waals surface area contributed by atoms with Crippen molar-refractivity contribution in [2.45, 2.75) is 32.6 Å². The van der Waals surface area contributed by atoms with Crippen LogP contribution in [-0.2, 0) is 0 Å². The van der Waals surface area contributed by atoms with Crippen molar-refractivity contribution in [1.29, 1.82) is 0 Å². The van der Waals surface area contributed by atoms with Crippen molar-refractivity contribution in [2.75, 3.05) is 0 Å². The maximum Gasteiger partial charge on any atom is 0.109 e. The van der Waals surface area contributed by atoms with Crippen molar-refractivity contribution < 1.29 is 0 Å². The quantitative estimate of drug-likeness (QED) is 0.876. The summed E-state index contributed by atoms with van der Waals surface area (Å²) in [6, 6.07) is 4.36. The predicted octanol–water partition coefficient (Wildman–Crippen LogP) is 4.33. The molecule has 2 nitrogen and oxygen atoms in total. The van der Waals surface area contributed by atoms with E-state index in [1.165, 1.54) is 29.5 Å². The lowest BCUT2D eigenvalue weighted by Crippen LogP contribution is -1.88. The lowest BCUT2D eigenvalue weighted by Gasteiger charge is -2.08. The van der Waals surface area contributed by atoms with Gasteiger partial charge in [0.05, 0.1) is 11.9 Å². The number of aromatic amines is 1.